The van der Waals surface area contributed by atoms with Gasteiger partial charge in [-0.1, -0.05) is 48.0 Å². The van der Waals surface area contributed by atoms with Crippen molar-refractivity contribution in [2.75, 3.05) is 7.05 Å². The Labute approximate surface area is 185 Å². The van der Waals surface area contributed by atoms with Gasteiger partial charge in [0.25, 0.3) is 5.91 Å². The van der Waals surface area contributed by atoms with E-state index in [4.69, 9.17) is 20.8 Å². The monoisotopic (exact) mass is 433 g/mol. The van der Waals surface area contributed by atoms with Crippen LogP contribution in [-0.4, -0.2) is 28.1 Å². The van der Waals surface area contributed by atoms with Crippen LogP contribution in [0.1, 0.15) is 21.8 Å². The van der Waals surface area contributed by atoms with E-state index in [1.165, 1.54) is 4.90 Å². The van der Waals surface area contributed by atoms with Crippen LogP contribution in [0.25, 0.3) is 11.5 Å². The molecule has 0 radical (unpaired) electrons. The minimum Gasteiger partial charge on any atom is -0.489 e. The SMILES string of the molecule is CN(Cc1nnc(-c2ccccc2)o1)C(=O)c1ccc(OCc2ccccc2Cl)cc1. The number of hydrogen-bond acceptors (Lipinski definition) is 5. The minimum absolute atomic E-state index is 0.155. The van der Waals surface area contributed by atoms with E-state index >= 15 is 0 Å². The number of aromatic nitrogens is 2. The Hall–Kier alpha value is -3.64. The molecule has 1 aromatic heterocycles. The van der Waals surface area contributed by atoms with Gasteiger partial charge < -0.3 is 14.1 Å². The van der Waals surface area contributed by atoms with E-state index in [0.29, 0.717) is 34.7 Å². The molecule has 0 aliphatic heterocycles. The maximum Gasteiger partial charge on any atom is 0.254 e. The van der Waals surface area contributed by atoms with Crippen molar-refractivity contribution < 1.29 is 13.9 Å². The topological polar surface area (TPSA) is 68.5 Å². The van der Waals surface area contributed by atoms with Crippen LogP contribution in [0.4, 0.5) is 0 Å². The van der Waals surface area contributed by atoms with Gasteiger partial charge in [0.2, 0.25) is 11.8 Å². The summed E-state index contributed by atoms with van der Waals surface area (Å²) in [5, 5.41) is 8.76. The first-order chi connectivity index (χ1) is 15.1. The third-order valence-corrected chi connectivity index (χ3v) is 5.03. The van der Waals surface area contributed by atoms with Gasteiger partial charge in [-0.25, -0.2) is 0 Å². The molecule has 0 atom stereocenters. The molecule has 0 spiro atoms. The normalized spacial score (nSPS) is 10.6. The third-order valence-electron chi connectivity index (χ3n) is 4.66. The van der Waals surface area contributed by atoms with E-state index in [0.717, 1.165) is 11.1 Å². The third kappa shape index (κ3) is 5.10. The van der Waals surface area contributed by atoms with E-state index in [1.54, 1.807) is 31.3 Å². The number of carbonyl (C=O) groups is 1. The largest absolute Gasteiger partial charge is 0.489 e. The summed E-state index contributed by atoms with van der Waals surface area (Å²) in [6.07, 6.45) is 0. The zero-order valence-electron chi connectivity index (χ0n) is 16.9. The van der Waals surface area contributed by atoms with Crippen LogP contribution in [0.2, 0.25) is 5.02 Å². The summed E-state index contributed by atoms with van der Waals surface area (Å²) in [6, 6.07) is 24.0. The number of benzene rings is 3. The van der Waals surface area contributed by atoms with Gasteiger partial charge in [0, 0.05) is 28.8 Å². The lowest BCUT2D eigenvalue weighted by Crippen LogP contribution is -2.26. The number of amides is 1. The minimum atomic E-state index is -0.155. The number of rotatable bonds is 7. The van der Waals surface area contributed by atoms with E-state index in [-0.39, 0.29) is 12.5 Å². The predicted octanol–water partition coefficient (Wildman–Crippen LogP) is 5.24. The summed E-state index contributed by atoms with van der Waals surface area (Å²) < 4.78 is 11.4. The average Bonchev–Trinajstić information content (AvgIpc) is 3.27. The summed E-state index contributed by atoms with van der Waals surface area (Å²) >= 11 is 6.15. The van der Waals surface area contributed by atoms with Gasteiger partial charge in [-0.05, 0) is 42.5 Å². The molecule has 4 rings (SSSR count). The Balaban J connectivity index is 1.35. The van der Waals surface area contributed by atoms with Crippen LogP contribution in [0.5, 0.6) is 5.75 Å². The van der Waals surface area contributed by atoms with Gasteiger partial charge in [0.05, 0.1) is 6.54 Å². The van der Waals surface area contributed by atoms with Crippen molar-refractivity contribution in [1.82, 2.24) is 15.1 Å². The number of ether oxygens (including phenoxy) is 1. The van der Waals surface area contributed by atoms with Crippen LogP contribution in [-0.2, 0) is 13.2 Å². The fraction of sp³-hybridized carbons (Fsp3) is 0.125. The Morgan fingerprint density at radius 3 is 2.42 bits per heavy atom. The van der Waals surface area contributed by atoms with E-state index in [1.807, 2.05) is 54.6 Å². The second kappa shape index (κ2) is 9.45. The van der Waals surface area contributed by atoms with Crippen molar-refractivity contribution in [1.29, 1.82) is 0 Å². The average molecular weight is 434 g/mol. The van der Waals surface area contributed by atoms with Gasteiger partial charge in [-0.3, -0.25) is 4.79 Å². The molecule has 3 aromatic carbocycles. The molecule has 31 heavy (non-hydrogen) atoms. The molecule has 0 unspecified atom stereocenters. The van der Waals surface area contributed by atoms with Gasteiger partial charge in [0.15, 0.2) is 0 Å². The van der Waals surface area contributed by atoms with Crippen LogP contribution < -0.4 is 4.74 Å². The Morgan fingerprint density at radius 2 is 1.68 bits per heavy atom. The first-order valence-corrected chi connectivity index (χ1v) is 10.1. The molecule has 7 heteroatoms. The fourth-order valence-corrected chi connectivity index (χ4v) is 3.17. The number of hydrogen-bond donors (Lipinski definition) is 0. The quantitative estimate of drug-likeness (QED) is 0.398. The highest BCUT2D eigenvalue weighted by molar-refractivity contribution is 6.31. The lowest BCUT2D eigenvalue weighted by molar-refractivity contribution is 0.0773. The fourth-order valence-electron chi connectivity index (χ4n) is 2.98. The molecular weight excluding hydrogens is 414 g/mol. The van der Waals surface area contributed by atoms with E-state index in [2.05, 4.69) is 10.2 Å². The highest BCUT2D eigenvalue weighted by Gasteiger charge is 2.16. The molecule has 0 bridgehead atoms. The first kappa shape index (κ1) is 20.6. The van der Waals surface area contributed by atoms with Gasteiger partial charge >= 0.3 is 0 Å². The molecule has 156 valence electrons. The van der Waals surface area contributed by atoms with Crippen LogP contribution in [0.15, 0.2) is 83.3 Å². The smallest absolute Gasteiger partial charge is 0.254 e. The number of halogens is 1. The van der Waals surface area contributed by atoms with Gasteiger partial charge in [-0.15, -0.1) is 10.2 Å². The highest BCUT2D eigenvalue weighted by Crippen LogP contribution is 2.20. The van der Waals surface area contributed by atoms with E-state index < -0.39 is 0 Å². The van der Waals surface area contributed by atoms with Crippen molar-refractivity contribution in [3.05, 3.63) is 101 Å². The van der Waals surface area contributed by atoms with Crippen molar-refractivity contribution in [2.24, 2.45) is 0 Å². The van der Waals surface area contributed by atoms with E-state index in [9.17, 15) is 4.79 Å². The maximum atomic E-state index is 12.7. The summed E-state index contributed by atoms with van der Waals surface area (Å²) in [5.74, 6) is 1.30. The second-order valence-corrected chi connectivity index (χ2v) is 7.34. The molecule has 0 saturated heterocycles. The first-order valence-electron chi connectivity index (χ1n) is 9.69. The van der Waals surface area contributed by atoms with Crippen molar-refractivity contribution in [2.45, 2.75) is 13.2 Å². The Morgan fingerprint density at radius 1 is 0.968 bits per heavy atom. The standard InChI is InChI=1S/C24H20ClN3O3/c1-28(15-22-26-27-23(31-22)17-7-3-2-4-8-17)24(29)18-11-13-20(14-12-18)30-16-19-9-5-6-10-21(19)25/h2-14H,15-16H2,1H3. The van der Waals surface area contributed by atoms with Crippen LogP contribution >= 0.6 is 11.6 Å². The Bertz CT molecular complexity index is 1160. The van der Waals surface area contributed by atoms with Crippen LogP contribution in [0, 0.1) is 0 Å². The summed E-state index contributed by atoms with van der Waals surface area (Å²) in [4.78, 5) is 14.3. The van der Waals surface area contributed by atoms with Gasteiger partial charge in [0.1, 0.15) is 12.4 Å². The molecule has 0 saturated carbocycles. The van der Waals surface area contributed by atoms with Crippen molar-refractivity contribution >= 4 is 17.5 Å². The lowest BCUT2D eigenvalue weighted by atomic mass is 10.2. The number of carbonyl (C=O) groups excluding carboxylic acids is 1. The summed E-state index contributed by atoms with van der Waals surface area (Å²) in [5.41, 5.74) is 2.27. The molecule has 0 N–H and O–H groups in total. The lowest BCUT2D eigenvalue weighted by Gasteiger charge is -2.15. The Kier molecular flexibility index (Phi) is 6.29. The zero-order valence-corrected chi connectivity index (χ0v) is 17.6. The molecule has 6 nitrogen and oxygen atoms in total. The van der Waals surface area contributed by atoms with Crippen molar-refractivity contribution in [3.63, 3.8) is 0 Å². The molecule has 4 aromatic rings. The predicted molar refractivity (Wildman–Crippen MR) is 118 cm³/mol. The molecule has 0 aliphatic carbocycles. The van der Waals surface area contributed by atoms with Crippen LogP contribution in [0.3, 0.4) is 0 Å². The zero-order chi connectivity index (χ0) is 21.6. The summed E-state index contributed by atoms with van der Waals surface area (Å²) in [6.45, 7) is 0.567. The number of nitrogens with zero attached hydrogens (tertiary/aromatic N) is 3. The second-order valence-electron chi connectivity index (χ2n) is 6.93. The highest BCUT2D eigenvalue weighted by atomic mass is 35.5. The maximum absolute atomic E-state index is 12.7. The van der Waals surface area contributed by atoms with Gasteiger partial charge in [-0.2, -0.15) is 0 Å². The molecule has 1 amide bonds. The molecular formula is C24H20ClN3O3. The molecule has 1 heterocycles. The molecule has 0 aliphatic rings. The summed E-state index contributed by atoms with van der Waals surface area (Å²) in [7, 11) is 1.69. The van der Waals surface area contributed by atoms with Crippen molar-refractivity contribution in [3.8, 4) is 17.2 Å². The molecule has 0 fully saturated rings.